The molecule has 0 unspecified atom stereocenters. The highest BCUT2D eigenvalue weighted by molar-refractivity contribution is 5.77. The second-order valence-corrected chi connectivity index (χ2v) is 3.59. The molecular weight excluding hydrogens is 216 g/mol. The quantitative estimate of drug-likeness (QED) is 0.636. The third-order valence-corrected chi connectivity index (χ3v) is 2.47. The first kappa shape index (κ1) is 9.72. The van der Waals surface area contributed by atoms with E-state index in [9.17, 15) is 4.79 Å². The number of fused-ring (bicyclic) bond motifs is 1. The Balaban J connectivity index is 2.30. The van der Waals surface area contributed by atoms with E-state index < -0.39 is 0 Å². The summed E-state index contributed by atoms with van der Waals surface area (Å²) in [5.41, 5.74) is 1.22. The van der Waals surface area contributed by atoms with E-state index in [1.165, 1.54) is 12.3 Å². The minimum Gasteiger partial charge on any atom is -0.456 e. The minimum absolute atomic E-state index is 0.0989. The third kappa shape index (κ3) is 1.69. The molecular formula is C13H8N2O2. The maximum Gasteiger partial charge on any atom is 0.194 e. The van der Waals surface area contributed by atoms with Crippen LogP contribution in [-0.4, -0.2) is 9.97 Å². The van der Waals surface area contributed by atoms with Crippen molar-refractivity contribution in [2.75, 3.05) is 0 Å². The first-order valence-corrected chi connectivity index (χ1v) is 5.13. The van der Waals surface area contributed by atoms with Gasteiger partial charge in [-0.3, -0.25) is 14.8 Å². The number of hydrogen-bond acceptors (Lipinski definition) is 4. The van der Waals surface area contributed by atoms with Crippen LogP contribution >= 0.6 is 0 Å². The molecule has 0 aliphatic carbocycles. The molecule has 0 saturated carbocycles. The minimum atomic E-state index is -0.0989. The molecule has 0 atom stereocenters. The summed E-state index contributed by atoms with van der Waals surface area (Å²) in [6.45, 7) is 0. The Bertz CT molecular complexity index is 720. The monoisotopic (exact) mass is 224 g/mol. The van der Waals surface area contributed by atoms with Gasteiger partial charge in [-0.1, -0.05) is 0 Å². The summed E-state index contributed by atoms with van der Waals surface area (Å²) >= 11 is 0. The van der Waals surface area contributed by atoms with E-state index in [4.69, 9.17) is 4.42 Å². The van der Waals surface area contributed by atoms with Gasteiger partial charge in [-0.2, -0.15) is 0 Å². The van der Waals surface area contributed by atoms with Gasteiger partial charge in [0.2, 0.25) is 0 Å². The summed E-state index contributed by atoms with van der Waals surface area (Å²) in [6, 6.07) is 6.78. The molecule has 0 radical (unpaired) electrons. The molecule has 4 heteroatoms. The molecule has 0 N–H and O–H groups in total. The number of pyridine rings is 2. The number of aromatic nitrogens is 2. The summed E-state index contributed by atoms with van der Waals surface area (Å²) in [6.07, 6.45) is 6.43. The molecule has 3 heterocycles. The lowest BCUT2D eigenvalue weighted by atomic mass is 10.2. The average molecular weight is 224 g/mol. The molecule has 3 aromatic rings. The zero-order valence-electron chi connectivity index (χ0n) is 8.83. The van der Waals surface area contributed by atoms with Gasteiger partial charge in [-0.05, 0) is 18.2 Å². The normalized spacial score (nSPS) is 10.6. The van der Waals surface area contributed by atoms with Crippen LogP contribution in [0.1, 0.15) is 0 Å². The van der Waals surface area contributed by atoms with Gasteiger partial charge in [0.1, 0.15) is 11.3 Å². The molecule has 0 bridgehead atoms. The van der Waals surface area contributed by atoms with E-state index in [-0.39, 0.29) is 5.43 Å². The molecule has 82 valence electrons. The second kappa shape index (κ2) is 3.83. The fraction of sp³-hybridized carbons (Fsp3) is 0. The molecule has 17 heavy (non-hydrogen) atoms. The number of hydrogen-bond donors (Lipinski definition) is 0. The van der Waals surface area contributed by atoms with Crippen molar-refractivity contribution in [3.8, 4) is 11.3 Å². The van der Waals surface area contributed by atoms with Gasteiger partial charge in [-0.15, -0.1) is 0 Å². The van der Waals surface area contributed by atoms with E-state index in [2.05, 4.69) is 9.97 Å². The lowest BCUT2D eigenvalue weighted by Crippen LogP contribution is -2.00. The van der Waals surface area contributed by atoms with Gasteiger partial charge in [0.25, 0.3) is 0 Å². The molecule has 0 spiro atoms. The molecule has 0 amide bonds. The van der Waals surface area contributed by atoms with Crippen molar-refractivity contribution >= 4 is 11.0 Å². The Morgan fingerprint density at radius 1 is 1.06 bits per heavy atom. The molecule has 0 aliphatic rings. The van der Waals surface area contributed by atoms with Gasteiger partial charge in [0.15, 0.2) is 5.43 Å². The van der Waals surface area contributed by atoms with Crippen molar-refractivity contribution in [3.63, 3.8) is 0 Å². The first-order chi connectivity index (χ1) is 8.34. The zero-order valence-corrected chi connectivity index (χ0v) is 8.83. The predicted molar refractivity (Wildman–Crippen MR) is 63.5 cm³/mol. The summed E-state index contributed by atoms with van der Waals surface area (Å²) in [5, 5.41) is 0.486. The van der Waals surface area contributed by atoms with E-state index in [1.54, 1.807) is 30.7 Å². The molecule has 4 nitrogen and oxygen atoms in total. The fourth-order valence-corrected chi connectivity index (χ4v) is 1.65. The smallest absolute Gasteiger partial charge is 0.194 e. The van der Waals surface area contributed by atoms with Crippen LogP contribution in [0.3, 0.4) is 0 Å². The third-order valence-electron chi connectivity index (χ3n) is 2.47. The standard InChI is InChI=1S/C13H8N2O2/c16-11-6-13(9-2-1-4-14-7-9)17-12-3-5-15-8-10(11)12/h1-8H. The summed E-state index contributed by atoms with van der Waals surface area (Å²) < 4.78 is 5.65. The number of rotatable bonds is 1. The maximum absolute atomic E-state index is 11.9. The van der Waals surface area contributed by atoms with Crippen LogP contribution in [-0.2, 0) is 0 Å². The van der Waals surface area contributed by atoms with Gasteiger partial charge < -0.3 is 4.42 Å². The van der Waals surface area contributed by atoms with Crippen molar-refractivity contribution in [1.29, 1.82) is 0 Å². The Morgan fingerprint density at radius 3 is 2.76 bits per heavy atom. The summed E-state index contributed by atoms with van der Waals surface area (Å²) in [7, 11) is 0. The van der Waals surface area contributed by atoms with Crippen molar-refractivity contribution in [2.45, 2.75) is 0 Å². The lowest BCUT2D eigenvalue weighted by Gasteiger charge is -2.01. The van der Waals surface area contributed by atoms with Gasteiger partial charge >= 0.3 is 0 Å². The van der Waals surface area contributed by atoms with Crippen LogP contribution in [0.5, 0.6) is 0 Å². The Kier molecular flexibility index (Phi) is 2.19. The maximum atomic E-state index is 11.9. The first-order valence-electron chi connectivity index (χ1n) is 5.13. The zero-order chi connectivity index (χ0) is 11.7. The SMILES string of the molecule is O=c1cc(-c2cccnc2)oc2ccncc12. The Hall–Kier alpha value is -2.49. The van der Waals surface area contributed by atoms with Crippen LogP contribution in [0.15, 0.2) is 58.3 Å². The molecule has 3 rings (SSSR count). The largest absolute Gasteiger partial charge is 0.456 e. The molecule has 0 aliphatic heterocycles. The second-order valence-electron chi connectivity index (χ2n) is 3.59. The lowest BCUT2D eigenvalue weighted by molar-refractivity contribution is 0.618. The van der Waals surface area contributed by atoms with E-state index in [0.717, 1.165) is 5.56 Å². The van der Waals surface area contributed by atoms with Gasteiger partial charge in [-0.25, -0.2) is 0 Å². The Labute approximate surface area is 96.6 Å². The Morgan fingerprint density at radius 2 is 1.94 bits per heavy atom. The van der Waals surface area contributed by atoms with Crippen LogP contribution in [0, 0.1) is 0 Å². The van der Waals surface area contributed by atoms with E-state index in [0.29, 0.717) is 16.7 Å². The van der Waals surface area contributed by atoms with Crippen molar-refractivity contribution in [2.24, 2.45) is 0 Å². The van der Waals surface area contributed by atoms with E-state index in [1.807, 2.05) is 6.07 Å². The summed E-state index contributed by atoms with van der Waals surface area (Å²) in [4.78, 5) is 19.8. The van der Waals surface area contributed by atoms with Crippen LogP contribution < -0.4 is 5.43 Å². The van der Waals surface area contributed by atoms with Crippen LogP contribution in [0.25, 0.3) is 22.3 Å². The topological polar surface area (TPSA) is 56.0 Å². The molecule has 3 aromatic heterocycles. The van der Waals surface area contributed by atoms with Crippen molar-refractivity contribution in [3.05, 3.63) is 59.3 Å². The van der Waals surface area contributed by atoms with E-state index >= 15 is 0 Å². The molecule has 0 aromatic carbocycles. The highest BCUT2D eigenvalue weighted by atomic mass is 16.3. The summed E-state index contributed by atoms with van der Waals surface area (Å²) in [5.74, 6) is 0.516. The fourth-order valence-electron chi connectivity index (χ4n) is 1.65. The highest BCUT2D eigenvalue weighted by Gasteiger charge is 2.06. The predicted octanol–water partition coefficient (Wildman–Crippen LogP) is 2.25. The van der Waals surface area contributed by atoms with Crippen molar-refractivity contribution < 1.29 is 4.42 Å². The molecule has 0 fully saturated rings. The molecule has 0 saturated heterocycles. The van der Waals surface area contributed by atoms with Crippen molar-refractivity contribution in [1.82, 2.24) is 9.97 Å². The number of nitrogens with zero attached hydrogens (tertiary/aromatic N) is 2. The van der Waals surface area contributed by atoms with Crippen LogP contribution in [0.2, 0.25) is 0 Å². The highest BCUT2D eigenvalue weighted by Crippen LogP contribution is 2.20. The van der Waals surface area contributed by atoms with Gasteiger partial charge in [0, 0.05) is 36.4 Å². The van der Waals surface area contributed by atoms with Gasteiger partial charge in [0.05, 0.1) is 5.39 Å². The van der Waals surface area contributed by atoms with Crippen LogP contribution in [0.4, 0.5) is 0 Å². The average Bonchev–Trinajstić information content (AvgIpc) is 2.40.